The number of halogens is 1. The quantitative estimate of drug-likeness (QED) is 0.829. The summed E-state index contributed by atoms with van der Waals surface area (Å²) in [5.41, 5.74) is 0.682. The summed E-state index contributed by atoms with van der Waals surface area (Å²) in [4.78, 5) is 0. The van der Waals surface area contributed by atoms with E-state index >= 15 is 0 Å². The number of benzene rings is 1. The standard InChI is InChI=1S/C10H9FO2S/c1-13-9-3-7-8(11)5-14-10(7)2-6(9)4-12/h2-3,5,12H,4H2,1H3. The van der Waals surface area contributed by atoms with Crippen LogP contribution in [0.25, 0.3) is 10.1 Å². The molecule has 14 heavy (non-hydrogen) atoms. The van der Waals surface area contributed by atoms with Gasteiger partial charge in [-0.05, 0) is 12.1 Å². The van der Waals surface area contributed by atoms with Gasteiger partial charge in [-0.3, -0.25) is 0 Å². The summed E-state index contributed by atoms with van der Waals surface area (Å²) in [7, 11) is 1.50. The van der Waals surface area contributed by atoms with Gasteiger partial charge in [-0.1, -0.05) is 0 Å². The lowest BCUT2D eigenvalue weighted by Crippen LogP contribution is -1.91. The summed E-state index contributed by atoms with van der Waals surface area (Å²) in [6.45, 7) is -0.0986. The van der Waals surface area contributed by atoms with Crippen LogP contribution in [0.4, 0.5) is 4.39 Å². The fraction of sp³-hybridized carbons (Fsp3) is 0.200. The van der Waals surface area contributed by atoms with Crippen molar-refractivity contribution in [2.45, 2.75) is 6.61 Å². The van der Waals surface area contributed by atoms with Crippen molar-refractivity contribution in [2.24, 2.45) is 0 Å². The third-order valence-corrected chi connectivity index (χ3v) is 3.02. The van der Waals surface area contributed by atoms with Crippen molar-refractivity contribution in [3.05, 3.63) is 28.9 Å². The minimum Gasteiger partial charge on any atom is -0.496 e. The van der Waals surface area contributed by atoms with Crippen LogP contribution in [0.2, 0.25) is 0 Å². The normalized spacial score (nSPS) is 10.8. The summed E-state index contributed by atoms with van der Waals surface area (Å²) in [5, 5.41) is 11.0. The van der Waals surface area contributed by atoms with Gasteiger partial charge in [-0.2, -0.15) is 0 Å². The highest BCUT2D eigenvalue weighted by Gasteiger charge is 2.09. The average molecular weight is 212 g/mol. The molecular weight excluding hydrogens is 203 g/mol. The molecule has 2 aromatic rings. The van der Waals surface area contributed by atoms with E-state index in [0.29, 0.717) is 16.7 Å². The Bertz CT molecular complexity index is 464. The van der Waals surface area contributed by atoms with Gasteiger partial charge < -0.3 is 9.84 Å². The van der Waals surface area contributed by atoms with E-state index in [9.17, 15) is 4.39 Å². The Morgan fingerprint density at radius 2 is 2.29 bits per heavy atom. The maximum Gasteiger partial charge on any atom is 0.141 e. The SMILES string of the molecule is COc1cc2c(F)csc2cc1CO. The third kappa shape index (κ3) is 1.36. The molecule has 0 saturated carbocycles. The molecule has 1 heterocycles. The Hall–Kier alpha value is -1.13. The van der Waals surface area contributed by atoms with Gasteiger partial charge in [0.25, 0.3) is 0 Å². The van der Waals surface area contributed by atoms with Crippen LogP contribution in [0.15, 0.2) is 17.5 Å². The van der Waals surface area contributed by atoms with E-state index < -0.39 is 0 Å². The molecule has 1 aromatic heterocycles. The predicted octanol–water partition coefficient (Wildman–Crippen LogP) is 2.54. The Labute approximate surface area is 84.6 Å². The van der Waals surface area contributed by atoms with Crippen molar-refractivity contribution in [2.75, 3.05) is 7.11 Å². The van der Waals surface area contributed by atoms with Gasteiger partial charge >= 0.3 is 0 Å². The molecule has 1 aromatic carbocycles. The minimum absolute atomic E-state index is 0.0986. The summed E-state index contributed by atoms with van der Waals surface area (Å²) in [5.74, 6) is 0.282. The Kier molecular flexibility index (Phi) is 2.39. The van der Waals surface area contributed by atoms with E-state index in [1.807, 2.05) is 0 Å². The fourth-order valence-electron chi connectivity index (χ4n) is 1.38. The lowest BCUT2D eigenvalue weighted by Gasteiger charge is -2.05. The number of hydrogen-bond donors (Lipinski definition) is 1. The number of rotatable bonds is 2. The van der Waals surface area contributed by atoms with Gasteiger partial charge in [-0.25, -0.2) is 4.39 Å². The van der Waals surface area contributed by atoms with E-state index in [1.54, 1.807) is 12.1 Å². The van der Waals surface area contributed by atoms with Gasteiger partial charge in [0.15, 0.2) is 0 Å². The van der Waals surface area contributed by atoms with E-state index in [-0.39, 0.29) is 12.4 Å². The molecule has 0 aliphatic rings. The third-order valence-electron chi connectivity index (χ3n) is 2.10. The Balaban J connectivity index is 2.71. The number of aliphatic hydroxyl groups is 1. The second-order valence-corrected chi connectivity index (χ2v) is 3.81. The molecule has 1 N–H and O–H groups in total. The first-order valence-corrected chi connectivity index (χ1v) is 4.98. The predicted molar refractivity (Wildman–Crippen MR) is 54.3 cm³/mol. The van der Waals surface area contributed by atoms with Crippen LogP contribution in [-0.4, -0.2) is 12.2 Å². The van der Waals surface area contributed by atoms with Crippen molar-refractivity contribution in [1.82, 2.24) is 0 Å². The Morgan fingerprint density at radius 1 is 1.50 bits per heavy atom. The molecule has 0 spiro atoms. The second kappa shape index (κ2) is 3.55. The number of hydrogen-bond acceptors (Lipinski definition) is 3. The van der Waals surface area contributed by atoms with Crippen molar-refractivity contribution >= 4 is 21.4 Å². The van der Waals surface area contributed by atoms with Gasteiger partial charge in [-0.15, -0.1) is 11.3 Å². The highest BCUT2D eigenvalue weighted by atomic mass is 32.1. The van der Waals surface area contributed by atoms with Crippen molar-refractivity contribution in [3.63, 3.8) is 0 Å². The zero-order valence-electron chi connectivity index (χ0n) is 7.58. The summed E-state index contributed by atoms with van der Waals surface area (Å²) in [6, 6.07) is 3.37. The zero-order valence-corrected chi connectivity index (χ0v) is 8.40. The second-order valence-electron chi connectivity index (χ2n) is 2.90. The topological polar surface area (TPSA) is 29.5 Å². The first-order valence-electron chi connectivity index (χ1n) is 4.10. The molecule has 0 fully saturated rings. The van der Waals surface area contributed by atoms with Crippen molar-refractivity contribution in [1.29, 1.82) is 0 Å². The molecular formula is C10H9FO2S. The van der Waals surface area contributed by atoms with Crippen LogP contribution in [0.3, 0.4) is 0 Å². The largest absolute Gasteiger partial charge is 0.496 e. The first-order chi connectivity index (χ1) is 6.76. The number of aliphatic hydroxyl groups excluding tert-OH is 1. The van der Waals surface area contributed by atoms with Crippen molar-refractivity contribution < 1.29 is 14.2 Å². The first kappa shape index (κ1) is 9.43. The molecule has 0 aliphatic carbocycles. The molecule has 74 valence electrons. The summed E-state index contributed by atoms with van der Waals surface area (Å²) in [6.07, 6.45) is 0. The highest BCUT2D eigenvalue weighted by Crippen LogP contribution is 2.31. The number of ether oxygens (including phenoxy) is 1. The molecule has 2 rings (SSSR count). The molecule has 0 amide bonds. The maximum atomic E-state index is 13.2. The summed E-state index contributed by atoms with van der Waals surface area (Å²) >= 11 is 1.32. The van der Waals surface area contributed by atoms with E-state index in [2.05, 4.69) is 0 Å². The number of methoxy groups -OCH3 is 1. The van der Waals surface area contributed by atoms with Crippen LogP contribution in [-0.2, 0) is 6.61 Å². The van der Waals surface area contributed by atoms with Crippen LogP contribution >= 0.6 is 11.3 Å². The average Bonchev–Trinajstić information content (AvgIpc) is 2.58. The number of fused-ring (bicyclic) bond motifs is 1. The van der Waals surface area contributed by atoms with Crippen molar-refractivity contribution in [3.8, 4) is 5.75 Å². The zero-order chi connectivity index (χ0) is 10.1. The van der Waals surface area contributed by atoms with Crippen LogP contribution in [0.5, 0.6) is 5.75 Å². The van der Waals surface area contributed by atoms with Gasteiger partial charge in [0.1, 0.15) is 11.6 Å². The molecule has 2 nitrogen and oxygen atoms in total. The van der Waals surface area contributed by atoms with Gasteiger partial charge in [0, 0.05) is 21.0 Å². The molecule has 0 unspecified atom stereocenters. The van der Waals surface area contributed by atoms with Gasteiger partial charge in [0.05, 0.1) is 13.7 Å². The van der Waals surface area contributed by atoms with Crippen LogP contribution < -0.4 is 4.74 Å². The van der Waals surface area contributed by atoms with E-state index in [4.69, 9.17) is 9.84 Å². The molecule has 0 saturated heterocycles. The molecule has 0 aliphatic heterocycles. The highest BCUT2D eigenvalue weighted by molar-refractivity contribution is 7.17. The molecule has 4 heteroatoms. The molecule has 0 radical (unpaired) electrons. The fourth-order valence-corrected chi connectivity index (χ4v) is 2.23. The molecule has 0 atom stereocenters. The lowest BCUT2D eigenvalue weighted by atomic mass is 10.1. The monoisotopic (exact) mass is 212 g/mol. The van der Waals surface area contributed by atoms with Gasteiger partial charge in [0.2, 0.25) is 0 Å². The minimum atomic E-state index is -0.243. The van der Waals surface area contributed by atoms with Crippen LogP contribution in [0, 0.1) is 5.82 Å². The molecule has 0 bridgehead atoms. The lowest BCUT2D eigenvalue weighted by molar-refractivity contribution is 0.274. The van der Waals surface area contributed by atoms with E-state index in [0.717, 1.165) is 4.70 Å². The smallest absolute Gasteiger partial charge is 0.141 e. The Morgan fingerprint density at radius 3 is 2.93 bits per heavy atom. The van der Waals surface area contributed by atoms with E-state index in [1.165, 1.54) is 23.8 Å². The maximum absolute atomic E-state index is 13.2. The number of thiophene rings is 1. The van der Waals surface area contributed by atoms with Crippen LogP contribution in [0.1, 0.15) is 5.56 Å². The summed E-state index contributed by atoms with van der Waals surface area (Å²) < 4.78 is 19.1.